The lowest BCUT2D eigenvalue weighted by Gasteiger charge is -2.09. The number of hydrogen-bond donors (Lipinski definition) is 2. The molecule has 0 radical (unpaired) electrons. The molecule has 0 spiro atoms. The molecule has 8 nitrogen and oxygen atoms in total. The number of amides is 1. The van der Waals surface area contributed by atoms with Gasteiger partial charge in [0.15, 0.2) is 11.5 Å². The Kier molecular flexibility index (Phi) is 4.60. The third-order valence-electron chi connectivity index (χ3n) is 4.69. The molecule has 1 aliphatic rings. The lowest BCUT2D eigenvalue weighted by atomic mass is 10.1. The van der Waals surface area contributed by atoms with Gasteiger partial charge < -0.3 is 24.3 Å². The Morgan fingerprint density at radius 2 is 1.96 bits per heavy atom. The fraction of sp³-hybridized carbons (Fsp3) is 0.250. The third kappa shape index (κ3) is 3.24. The number of nitrogens with one attached hydrogen (secondary N) is 2. The van der Waals surface area contributed by atoms with Crippen molar-refractivity contribution >= 4 is 16.9 Å². The van der Waals surface area contributed by atoms with Gasteiger partial charge in [-0.1, -0.05) is 6.07 Å². The van der Waals surface area contributed by atoms with Crippen molar-refractivity contribution < 1.29 is 14.3 Å². The van der Waals surface area contributed by atoms with Crippen molar-refractivity contribution in [2.45, 2.75) is 19.9 Å². The second-order valence-electron chi connectivity index (χ2n) is 6.43. The second-order valence-corrected chi connectivity index (χ2v) is 6.43. The van der Waals surface area contributed by atoms with E-state index in [0.29, 0.717) is 41.9 Å². The van der Waals surface area contributed by atoms with Crippen LogP contribution in [0.15, 0.2) is 46.0 Å². The quantitative estimate of drug-likeness (QED) is 0.651. The number of aromatic amines is 1. The second kappa shape index (κ2) is 7.22. The van der Waals surface area contributed by atoms with Crippen molar-refractivity contribution in [1.82, 2.24) is 14.9 Å². The number of ether oxygens (including phenoxy) is 2. The largest absolute Gasteiger partial charge is 0.454 e. The lowest BCUT2D eigenvalue weighted by molar-refractivity contribution is 0.0954. The van der Waals surface area contributed by atoms with Crippen molar-refractivity contribution in [3.05, 3.63) is 68.2 Å². The van der Waals surface area contributed by atoms with Crippen LogP contribution in [0.4, 0.5) is 0 Å². The van der Waals surface area contributed by atoms with Crippen molar-refractivity contribution in [1.29, 1.82) is 0 Å². The Labute approximate surface area is 159 Å². The van der Waals surface area contributed by atoms with Gasteiger partial charge in [0.05, 0.1) is 11.0 Å². The van der Waals surface area contributed by atoms with Crippen LogP contribution in [0.3, 0.4) is 0 Å². The maximum Gasteiger partial charge on any atom is 0.316 e. The molecular weight excluding hydrogens is 362 g/mol. The Balaban J connectivity index is 1.47. The minimum absolute atomic E-state index is 0.228. The summed E-state index contributed by atoms with van der Waals surface area (Å²) in [6, 6.07) is 10.6. The molecule has 0 aliphatic carbocycles. The zero-order valence-corrected chi connectivity index (χ0v) is 15.3. The van der Waals surface area contributed by atoms with Crippen LogP contribution in [-0.2, 0) is 13.0 Å². The highest BCUT2D eigenvalue weighted by Gasteiger charge is 2.14. The smallest absolute Gasteiger partial charge is 0.316 e. The predicted octanol–water partition coefficient (Wildman–Crippen LogP) is 1.41. The summed E-state index contributed by atoms with van der Waals surface area (Å²) >= 11 is 0. The monoisotopic (exact) mass is 381 g/mol. The predicted molar refractivity (Wildman–Crippen MR) is 103 cm³/mol. The van der Waals surface area contributed by atoms with Crippen molar-refractivity contribution in [2.24, 2.45) is 0 Å². The van der Waals surface area contributed by atoms with E-state index in [0.717, 1.165) is 11.3 Å². The molecule has 0 fully saturated rings. The molecule has 2 aromatic carbocycles. The zero-order chi connectivity index (χ0) is 19.7. The molecule has 1 amide bonds. The highest BCUT2D eigenvalue weighted by molar-refractivity contribution is 5.97. The molecule has 1 aromatic heterocycles. The summed E-state index contributed by atoms with van der Waals surface area (Å²) in [7, 11) is 0. The molecule has 144 valence electrons. The Morgan fingerprint density at radius 3 is 2.79 bits per heavy atom. The topological polar surface area (TPSA) is 102 Å². The van der Waals surface area contributed by atoms with E-state index in [-0.39, 0.29) is 12.7 Å². The Hall–Kier alpha value is -3.55. The van der Waals surface area contributed by atoms with Gasteiger partial charge in [0.2, 0.25) is 6.79 Å². The van der Waals surface area contributed by atoms with Gasteiger partial charge in [-0.3, -0.25) is 14.4 Å². The Bertz CT molecular complexity index is 1180. The molecule has 28 heavy (non-hydrogen) atoms. The molecule has 8 heteroatoms. The maximum atomic E-state index is 12.5. The van der Waals surface area contributed by atoms with Crippen molar-refractivity contribution in [2.75, 3.05) is 13.3 Å². The van der Waals surface area contributed by atoms with Crippen LogP contribution in [0.25, 0.3) is 11.0 Å². The molecule has 1 aliphatic heterocycles. The molecule has 0 atom stereocenters. The average molecular weight is 381 g/mol. The van der Waals surface area contributed by atoms with E-state index in [1.54, 1.807) is 25.1 Å². The highest BCUT2D eigenvalue weighted by Crippen LogP contribution is 2.32. The summed E-state index contributed by atoms with van der Waals surface area (Å²) in [5.74, 6) is 1.19. The first-order valence-corrected chi connectivity index (χ1v) is 9.00. The lowest BCUT2D eigenvalue weighted by Crippen LogP contribution is -2.36. The highest BCUT2D eigenvalue weighted by atomic mass is 16.7. The Morgan fingerprint density at radius 1 is 1.14 bits per heavy atom. The summed E-state index contributed by atoms with van der Waals surface area (Å²) in [5.41, 5.74) is 1.18. The first-order valence-electron chi connectivity index (χ1n) is 9.00. The third-order valence-corrected chi connectivity index (χ3v) is 4.69. The van der Waals surface area contributed by atoms with Gasteiger partial charge in [-0.2, -0.15) is 0 Å². The summed E-state index contributed by atoms with van der Waals surface area (Å²) in [6.07, 6.45) is 0.641. The number of aromatic nitrogens is 2. The zero-order valence-electron chi connectivity index (χ0n) is 15.3. The number of carbonyl (C=O) groups is 1. The van der Waals surface area contributed by atoms with Crippen LogP contribution in [0, 0.1) is 0 Å². The van der Waals surface area contributed by atoms with Gasteiger partial charge in [0.1, 0.15) is 0 Å². The standard InChI is InChI=1S/C20H19N3O5/c1-2-23-15-5-4-13(10-14(15)22-19(25)20(23)26)18(24)21-8-7-12-3-6-16-17(9-12)28-11-27-16/h3-6,9-10H,2,7-8,11H2,1H3,(H,21,24)(H,22,25). The summed E-state index contributed by atoms with van der Waals surface area (Å²) < 4.78 is 12.0. The average Bonchev–Trinajstić information content (AvgIpc) is 3.16. The molecule has 3 aromatic rings. The number of H-pyrrole nitrogens is 1. The van der Waals surface area contributed by atoms with Gasteiger partial charge in [0, 0.05) is 18.7 Å². The summed E-state index contributed by atoms with van der Waals surface area (Å²) in [5, 5.41) is 2.86. The van der Waals surface area contributed by atoms with Crippen LogP contribution in [0.1, 0.15) is 22.8 Å². The molecule has 0 saturated heterocycles. The summed E-state index contributed by atoms with van der Waals surface area (Å²) in [4.78, 5) is 38.7. The molecular formula is C20H19N3O5. The minimum Gasteiger partial charge on any atom is -0.454 e. The summed E-state index contributed by atoms with van der Waals surface area (Å²) in [6.45, 7) is 2.84. The van der Waals surface area contributed by atoms with Crippen molar-refractivity contribution in [3.8, 4) is 11.5 Å². The van der Waals surface area contributed by atoms with Crippen molar-refractivity contribution in [3.63, 3.8) is 0 Å². The van der Waals surface area contributed by atoms with Gasteiger partial charge in [-0.05, 0) is 49.2 Å². The van der Waals surface area contributed by atoms with E-state index in [1.165, 1.54) is 4.57 Å². The van der Waals surface area contributed by atoms with Crippen LogP contribution < -0.4 is 25.9 Å². The minimum atomic E-state index is -0.699. The molecule has 2 N–H and O–H groups in total. The van der Waals surface area contributed by atoms with E-state index in [9.17, 15) is 14.4 Å². The van der Waals surface area contributed by atoms with E-state index in [2.05, 4.69) is 10.3 Å². The molecule has 2 heterocycles. The number of fused-ring (bicyclic) bond motifs is 2. The number of nitrogens with zero attached hydrogens (tertiary/aromatic N) is 1. The van der Waals surface area contributed by atoms with Crippen LogP contribution >= 0.6 is 0 Å². The van der Waals surface area contributed by atoms with Gasteiger partial charge in [-0.25, -0.2) is 0 Å². The normalized spacial score (nSPS) is 12.3. The van der Waals surface area contributed by atoms with E-state index >= 15 is 0 Å². The number of hydrogen-bond acceptors (Lipinski definition) is 5. The fourth-order valence-electron chi connectivity index (χ4n) is 3.25. The van der Waals surface area contributed by atoms with Gasteiger partial charge in [-0.15, -0.1) is 0 Å². The molecule has 0 unspecified atom stereocenters. The SMILES string of the molecule is CCn1c(=O)c(=O)[nH]c2cc(C(=O)NCCc3ccc4c(c3)OCO4)ccc21. The van der Waals surface area contributed by atoms with E-state index in [1.807, 2.05) is 18.2 Å². The number of carbonyl (C=O) groups excluding carboxylic acids is 1. The first-order chi connectivity index (χ1) is 13.6. The maximum absolute atomic E-state index is 12.5. The number of benzene rings is 2. The van der Waals surface area contributed by atoms with Crippen LogP contribution in [-0.4, -0.2) is 28.8 Å². The number of aryl methyl sites for hydroxylation is 1. The first kappa shape index (κ1) is 17.8. The van der Waals surface area contributed by atoms with E-state index in [4.69, 9.17) is 9.47 Å². The molecule has 4 rings (SSSR count). The van der Waals surface area contributed by atoms with Crippen LogP contribution in [0.5, 0.6) is 11.5 Å². The fourth-order valence-corrected chi connectivity index (χ4v) is 3.25. The van der Waals surface area contributed by atoms with Crippen LogP contribution in [0.2, 0.25) is 0 Å². The molecule has 0 saturated carbocycles. The van der Waals surface area contributed by atoms with Gasteiger partial charge in [0.25, 0.3) is 5.91 Å². The van der Waals surface area contributed by atoms with Gasteiger partial charge >= 0.3 is 11.1 Å². The van der Waals surface area contributed by atoms with E-state index < -0.39 is 11.1 Å². The molecule has 0 bridgehead atoms. The number of rotatable bonds is 5.